The SMILES string of the molecule is COc1ccc(Sc2c3ccccc3cc3oc4ccccc4c23)cc1. The molecule has 0 amide bonds. The van der Waals surface area contributed by atoms with E-state index in [9.17, 15) is 0 Å². The van der Waals surface area contributed by atoms with Gasteiger partial charge in [0.1, 0.15) is 16.9 Å². The zero-order chi connectivity index (χ0) is 17.5. The summed E-state index contributed by atoms with van der Waals surface area (Å²) in [6, 6.07) is 27.1. The molecule has 0 radical (unpaired) electrons. The molecule has 4 aromatic carbocycles. The number of fused-ring (bicyclic) bond motifs is 4. The van der Waals surface area contributed by atoms with Crippen molar-refractivity contribution in [1.82, 2.24) is 0 Å². The predicted octanol–water partition coefficient (Wildman–Crippen LogP) is 6.90. The summed E-state index contributed by atoms with van der Waals surface area (Å²) in [5.74, 6) is 0.867. The number of benzene rings is 4. The lowest BCUT2D eigenvalue weighted by Crippen LogP contribution is -1.83. The minimum atomic E-state index is 0.867. The second-order valence-electron chi connectivity index (χ2n) is 6.18. The fraction of sp³-hybridized carbons (Fsp3) is 0.0435. The van der Waals surface area contributed by atoms with Crippen molar-refractivity contribution in [2.75, 3.05) is 7.11 Å². The Morgan fingerprint density at radius 3 is 2.31 bits per heavy atom. The van der Waals surface area contributed by atoms with E-state index in [4.69, 9.17) is 9.15 Å². The van der Waals surface area contributed by atoms with E-state index in [1.807, 2.05) is 24.3 Å². The Hall–Kier alpha value is -2.91. The molecule has 0 bridgehead atoms. The summed E-state index contributed by atoms with van der Waals surface area (Å²) in [6.07, 6.45) is 0. The first-order valence-corrected chi connectivity index (χ1v) is 9.30. The van der Waals surface area contributed by atoms with Gasteiger partial charge in [-0.3, -0.25) is 0 Å². The quantitative estimate of drug-likeness (QED) is 0.351. The van der Waals surface area contributed by atoms with Crippen molar-refractivity contribution in [1.29, 1.82) is 0 Å². The Balaban J connectivity index is 1.81. The zero-order valence-corrected chi connectivity index (χ0v) is 15.0. The number of ether oxygens (including phenoxy) is 1. The molecular formula is C23H16O2S. The molecule has 2 nitrogen and oxygen atoms in total. The second-order valence-corrected chi connectivity index (χ2v) is 7.26. The maximum absolute atomic E-state index is 6.14. The predicted molar refractivity (Wildman–Crippen MR) is 108 cm³/mol. The van der Waals surface area contributed by atoms with Crippen LogP contribution in [-0.2, 0) is 0 Å². The highest BCUT2D eigenvalue weighted by Crippen LogP contribution is 2.43. The number of hydrogen-bond acceptors (Lipinski definition) is 3. The molecule has 5 rings (SSSR count). The number of hydrogen-bond donors (Lipinski definition) is 0. The molecule has 1 aromatic heterocycles. The molecule has 3 heteroatoms. The molecule has 0 saturated heterocycles. The molecule has 0 atom stereocenters. The molecule has 0 fully saturated rings. The third-order valence-corrected chi connectivity index (χ3v) is 5.76. The molecule has 126 valence electrons. The minimum absolute atomic E-state index is 0.867. The largest absolute Gasteiger partial charge is 0.497 e. The summed E-state index contributed by atoms with van der Waals surface area (Å²) in [5, 5.41) is 4.77. The van der Waals surface area contributed by atoms with Gasteiger partial charge >= 0.3 is 0 Å². The van der Waals surface area contributed by atoms with Gasteiger partial charge in [-0.2, -0.15) is 0 Å². The van der Waals surface area contributed by atoms with Crippen molar-refractivity contribution in [3.63, 3.8) is 0 Å². The van der Waals surface area contributed by atoms with Gasteiger partial charge < -0.3 is 9.15 Å². The molecule has 0 aliphatic rings. The second kappa shape index (κ2) is 6.11. The first-order valence-electron chi connectivity index (χ1n) is 8.48. The van der Waals surface area contributed by atoms with Crippen molar-refractivity contribution in [3.8, 4) is 5.75 Å². The highest BCUT2D eigenvalue weighted by atomic mass is 32.2. The smallest absolute Gasteiger partial charge is 0.137 e. The summed E-state index contributed by atoms with van der Waals surface area (Å²) < 4.78 is 11.4. The fourth-order valence-electron chi connectivity index (χ4n) is 3.37. The molecule has 5 aromatic rings. The highest BCUT2D eigenvalue weighted by molar-refractivity contribution is 7.99. The summed E-state index contributed by atoms with van der Waals surface area (Å²) in [5.41, 5.74) is 1.86. The monoisotopic (exact) mass is 356 g/mol. The third kappa shape index (κ3) is 2.44. The van der Waals surface area contributed by atoms with Gasteiger partial charge in [-0.1, -0.05) is 54.2 Å². The molecule has 0 aliphatic carbocycles. The van der Waals surface area contributed by atoms with Crippen LogP contribution >= 0.6 is 11.8 Å². The molecular weight excluding hydrogens is 340 g/mol. The van der Waals surface area contributed by atoms with Gasteiger partial charge in [0.15, 0.2) is 0 Å². The zero-order valence-electron chi connectivity index (χ0n) is 14.2. The first-order chi connectivity index (χ1) is 12.8. The van der Waals surface area contributed by atoms with Crippen LogP contribution in [0.5, 0.6) is 5.75 Å². The van der Waals surface area contributed by atoms with Crippen LogP contribution in [0, 0.1) is 0 Å². The van der Waals surface area contributed by atoms with Crippen LogP contribution in [-0.4, -0.2) is 7.11 Å². The molecule has 0 N–H and O–H groups in total. The van der Waals surface area contributed by atoms with E-state index < -0.39 is 0 Å². The lowest BCUT2D eigenvalue weighted by Gasteiger charge is -2.09. The topological polar surface area (TPSA) is 22.4 Å². The summed E-state index contributed by atoms with van der Waals surface area (Å²) >= 11 is 1.77. The van der Waals surface area contributed by atoms with Crippen LogP contribution in [0.4, 0.5) is 0 Å². The van der Waals surface area contributed by atoms with Gasteiger partial charge in [0, 0.05) is 20.6 Å². The van der Waals surface area contributed by atoms with Gasteiger partial charge in [0.25, 0.3) is 0 Å². The Labute approximate surface area is 155 Å². The molecule has 0 aliphatic heterocycles. The maximum atomic E-state index is 6.14. The Kier molecular flexibility index (Phi) is 3.61. The van der Waals surface area contributed by atoms with Crippen LogP contribution < -0.4 is 4.74 Å². The van der Waals surface area contributed by atoms with Crippen LogP contribution in [0.25, 0.3) is 32.7 Å². The molecule has 0 unspecified atom stereocenters. The van der Waals surface area contributed by atoms with Crippen LogP contribution in [0.1, 0.15) is 0 Å². The summed E-state index contributed by atoms with van der Waals surface area (Å²) in [6.45, 7) is 0. The Morgan fingerprint density at radius 1 is 0.769 bits per heavy atom. The summed E-state index contributed by atoms with van der Waals surface area (Å²) in [4.78, 5) is 2.40. The normalized spacial score (nSPS) is 11.4. The van der Waals surface area contributed by atoms with E-state index >= 15 is 0 Å². The van der Waals surface area contributed by atoms with Gasteiger partial charge in [-0.15, -0.1) is 0 Å². The fourth-order valence-corrected chi connectivity index (χ4v) is 4.49. The third-order valence-electron chi connectivity index (χ3n) is 4.62. The number of furan rings is 1. The van der Waals surface area contributed by atoms with Crippen LogP contribution in [0.3, 0.4) is 0 Å². The van der Waals surface area contributed by atoms with Crippen LogP contribution in [0.15, 0.2) is 93.1 Å². The summed E-state index contributed by atoms with van der Waals surface area (Å²) in [7, 11) is 1.69. The minimum Gasteiger partial charge on any atom is -0.497 e. The number of rotatable bonds is 3. The molecule has 1 heterocycles. The molecule has 26 heavy (non-hydrogen) atoms. The lowest BCUT2D eigenvalue weighted by atomic mass is 10.1. The van der Waals surface area contributed by atoms with E-state index in [0.29, 0.717) is 0 Å². The van der Waals surface area contributed by atoms with Gasteiger partial charge in [0.2, 0.25) is 0 Å². The van der Waals surface area contributed by atoms with Crippen molar-refractivity contribution in [3.05, 3.63) is 78.9 Å². The van der Waals surface area contributed by atoms with Crippen LogP contribution in [0.2, 0.25) is 0 Å². The van der Waals surface area contributed by atoms with E-state index in [1.54, 1.807) is 18.9 Å². The average Bonchev–Trinajstić information content (AvgIpc) is 3.06. The van der Waals surface area contributed by atoms with E-state index in [0.717, 1.165) is 22.3 Å². The van der Waals surface area contributed by atoms with Gasteiger partial charge in [-0.05, 0) is 47.2 Å². The van der Waals surface area contributed by atoms with Crippen molar-refractivity contribution in [2.45, 2.75) is 9.79 Å². The number of methoxy groups -OCH3 is 1. The highest BCUT2D eigenvalue weighted by Gasteiger charge is 2.15. The first kappa shape index (κ1) is 15.4. The van der Waals surface area contributed by atoms with Crippen molar-refractivity contribution in [2.24, 2.45) is 0 Å². The molecule has 0 spiro atoms. The maximum Gasteiger partial charge on any atom is 0.137 e. The van der Waals surface area contributed by atoms with E-state index in [2.05, 4.69) is 54.6 Å². The van der Waals surface area contributed by atoms with E-state index in [1.165, 1.54) is 25.9 Å². The van der Waals surface area contributed by atoms with Gasteiger partial charge in [-0.25, -0.2) is 0 Å². The molecule has 0 saturated carbocycles. The Bertz CT molecular complexity index is 1240. The lowest BCUT2D eigenvalue weighted by molar-refractivity contribution is 0.414. The van der Waals surface area contributed by atoms with Gasteiger partial charge in [0.05, 0.1) is 7.11 Å². The van der Waals surface area contributed by atoms with Crippen molar-refractivity contribution >= 4 is 44.5 Å². The number of para-hydroxylation sites is 1. The standard InChI is InChI=1S/C23H16O2S/c1-24-16-10-12-17(13-11-16)26-23-18-7-3-2-6-15(18)14-21-22(23)19-8-4-5-9-20(19)25-21/h2-14H,1H3. The Morgan fingerprint density at radius 2 is 1.50 bits per heavy atom. The van der Waals surface area contributed by atoms with E-state index in [-0.39, 0.29) is 0 Å². The van der Waals surface area contributed by atoms with Crippen molar-refractivity contribution < 1.29 is 9.15 Å². The average molecular weight is 356 g/mol.